The Morgan fingerprint density at radius 1 is 0.820 bits per heavy atom. The van der Waals surface area contributed by atoms with Crippen molar-refractivity contribution in [2.45, 2.75) is 77.1 Å². The number of aryl methyl sites for hydroxylation is 1. The van der Waals surface area contributed by atoms with E-state index in [1.54, 1.807) is 13.8 Å². The number of rotatable bonds is 15. The van der Waals surface area contributed by atoms with Crippen molar-refractivity contribution in [3.05, 3.63) is 65.2 Å². The molecular weight excluding hydrogens is 680 g/mol. The van der Waals surface area contributed by atoms with E-state index in [-0.39, 0.29) is 6.42 Å². The minimum Gasteiger partial charge on any atom is -0.481 e. The molecule has 2 aromatic carbocycles. The number of ketones is 1. The first-order chi connectivity index (χ1) is 23.3. The minimum atomic E-state index is -5.25. The normalized spacial score (nSPS) is 13.6. The second-order valence-electron chi connectivity index (χ2n) is 11.5. The Balaban J connectivity index is 1.70. The molecule has 0 radical (unpaired) electrons. The summed E-state index contributed by atoms with van der Waals surface area (Å²) in [7, 11) is 0. The third kappa shape index (κ3) is 10.8. The van der Waals surface area contributed by atoms with Gasteiger partial charge in [0.05, 0.1) is 17.5 Å². The number of tetrazole rings is 1. The van der Waals surface area contributed by atoms with E-state index in [9.17, 15) is 55.4 Å². The van der Waals surface area contributed by atoms with E-state index in [1.807, 2.05) is 30.3 Å². The van der Waals surface area contributed by atoms with Gasteiger partial charge in [-0.05, 0) is 42.2 Å². The Hall–Kier alpha value is -5.36. The van der Waals surface area contributed by atoms with E-state index in [4.69, 9.17) is 0 Å². The van der Waals surface area contributed by atoms with Crippen molar-refractivity contribution in [1.82, 2.24) is 36.2 Å². The highest BCUT2D eigenvalue weighted by molar-refractivity contribution is 5.95. The average molecular weight is 714 g/mol. The number of hydrogen-bond acceptors (Lipinski definition) is 8. The van der Waals surface area contributed by atoms with Crippen LogP contribution >= 0.6 is 0 Å². The van der Waals surface area contributed by atoms with Gasteiger partial charge in [-0.3, -0.25) is 24.0 Å². The van der Waals surface area contributed by atoms with Gasteiger partial charge in [0.2, 0.25) is 23.5 Å². The fourth-order valence-electron chi connectivity index (χ4n) is 4.69. The summed E-state index contributed by atoms with van der Waals surface area (Å²) in [5.41, 5.74) is -3.95. The SMILES string of the molecule is CC(C)[C@H](NC(=O)CCc1ccccc1)C(=O)N[C@@H](C)C(=O)NC(CC(=O)O)C(=O)Cn1nnc(-c2c(C(F)(F)F)cccc2C(F)(F)F)n1. The molecular formula is C31H33F6N7O6. The van der Waals surface area contributed by atoms with Crippen LogP contribution < -0.4 is 16.0 Å². The molecule has 0 fully saturated rings. The number of carbonyl (C=O) groups excluding carboxylic acids is 4. The van der Waals surface area contributed by atoms with Gasteiger partial charge in [-0.1, -0.05) is 50.2 Å². The van der Waals surface area contributed by atoms with Gasteiger partial charge >= 0.3 is 18.3 Å². The Kier molecular flexibility index (Phi) is 12.8. The number of amides is 3. The molecule has 3 rings (SSSR count). The third-order valence-corrected chi connectivity index (χ3v) is 7.23. The summed E-state index contributed by atoms with van der Waals surface area (Å²) in [4.78, 5) is 63.3. The Bertz CT molecular complexity index is 1660. The highest BCUT2D eigenvalue weighted by atomic mass is 19.4. The number of alkyl halides is 6. The van der Waals surface area contributed by atoms with Crippen LogP contribution in [-0.2, 0) is 49.3 Å². The predicted octanol–water partition coefficient (Wildman–Crippen LogP) is 3.18. The highest BCUT2D eigenvalue weighted by Gasteiger charge is 2.42. The number of hydrogen-bond donors (Lipinski definition) is 4. The van der Waals surface area contributed by atoms with Gasteiger partial charge in [0.25, 0.3) is 0 Å². The molecule has 1 aromatic heterocycles. The van der Waals surface area contributed by atoms with Gasteiger partial charge in [0.15, 0.2) is 5.78 Å². The maximum atomic E-state index is 13.6. The molecule has 3 atom stereocenters. The van der Waals surface area contributed by atoms with E-state index >= 15 is 0 Å². The largest absolute Gasteiger partial charge is 0.481 e. The number of aliphatic carboxylic acids is 1. The summed E-state index contributed by atoms with van der Waals surface area (Å²) in [6, 6.07) is 6.26. The van der Waals surface area contributed by atoms with Crippen LogP contribution in [-0.4, -0.2) is 72.9 Å². The number of nitrogens with zero attached hydrogens (tertiary/aromatic N) is 4. The van der Waals surface area contributed by atoms with Crippen LogP contribution in [0, 0.1) is 5.92 Å². The molecule has 1 unspecified atom stereocenters. The zero-order valence-corrected chi connectivity index (χ0v) is 26.8. The zero-order valence-electron chi connectivity index (χ0n) is 26.8. The van der Waals surface area contributed by atoms with Crippen LogP contribution in [0.2, 0.25) is 0 Å². The van der Waals surface area contributed by atoms with Crippen molar-refractivity contribution in [2.75, 3.05) is 0 Å². The first kappa shape index (κ1) is 39.1. The topological polar surface area (TPSA) is 185 Å². The lowest BCUT2D eigenvalue weighted by Gasteiger charge is -2.25. The first-order valence-corrected chi connectivity index (χ1v) is 15.0. The standard InChI is InChI=1S/C31H33F6N7O6/c1-16(2)26(40-23(46)13-12-18-8-5-4-6-9-18)29(50)38-17(3)28(49)39-21(14-24(47)48)22(45)15-44-42-27(41-43-44)25-19(30(32,33)34)10-7-11-20(25)31(35,36)37/h4-11,16-17,21,26H,12-15H2,1-3H3,(H,38,50)(H,39,49)(H,40,46)(H,47,48)/t17-,21?,26-/m0/s1. The minimum absolute atomic E-state index is 0.0794. The molecule has 0 saturated heterocycles. The molecule has 0 aliphatic carbocycles. The fraction of sp³-hybridized carbons (Fsp3) is 0.419. The van der Waals surface area contributed by atoms with Crippen molar-refractivity contribution in [3.8, 4) is 11.4 Å². The van der Waals surface area contributed by atoms with Gasteiger partial charge in [-0.2, -0.15) is 31.1 Å². The van der Waals surface area contributed by atoms with Crippen molar-refractivity contribution < 1.29 is 55.4 Å². The predicted molar refractivity (Wildman–Crippen MR) is 162 cm³/mol. The summed E-state index contributed by atoms with van der Waals surface area (Å²) < 4.78 is 81.6. The molecule has 1 heterocycles. The zero-order chi connectivity index (χ0) is 37.4. The fourth-order valence-corrected chi connectivity index (χ4v) is 4.69. The second-order valence-corrected chi connectivity index (χ2v) is 11.5. The molecule has 0 spiro atoms. The number of halogens is 6. The second kappa shape index (κ2) is 16.4. The van der Waals surface area contributed by atoms with Gasteiger partial charge in [0, 0.05) is 12.0 Å². The molecule has 3 aromatic rings. The molecule has 50 heavy (non-hydrogen) atoms. The number of Topliss-reactive ketones (excluding diaryl/α,β-unsaturated/α-hetero) is 1. The van der Waals surface area contributed by atoms with Gasteiger partial charge in [-0.15, -0.1) is 10.2 Å². The molecule has 13 nitrogen and oxygen atoms in total. The average Bonchev–Trinajstić information content (AvgIpc) is 3.49. The van der Waals surface area contributed by atoms with Crippen molar-refractivity contribution in [2.24, 2.45) is 5.92 Å². The molecule has 19 heteroatoms. The molecule has 0 aliphatic heterocycles. The van der Waals surface area contributed by atoms with Crippen LogP contribution in [0.4, 0.5) is 26.3 Å². The van der Waals surface area contributed by atoms with Gasteiger partial charge < -0.3 is 21.1 Å². The van der Waals surface area contributed by atoms with Crippen LogP contribution in [0.15, 0.2) is 48.5 Å². The maximum Gasteiger partial charge on any atom is 0.417 e. The Morgan fingerprint density at radius 3 is 1.96 bits per heavy atom. The van der Waals surface area contributed by atoms with Crippen LogP contribution in [0.25, 0.3) is 11.4 Å². The number of nitrogens with one attached hydrogen (secondary N) is 3. The van der Waals surface area contributed by atoms with E-state index in [0.29, 0.717) is 29.4 Å². The number of carboxylic acid groups (broad SMARTS) is 1. The van der Waals surface area contributed by atoms with Gasteiger partial charge in [0.1, 0.15) is 24.7 Å². The molecule has 0 aliphatic rings. The van der Waals surface area contributed by atoms with Crippen molar-refractivity contribution in [3.63, 3.8) is 0 Å². The number of benzene rings is 2. The summed E-state index contributed by atoms with van der Waals surface area (Å²) in [5.74, 6) is -6.37. The summed E-state index contributed by atoms with van der Waals surface area (Å²) in [6.07, 6.45) is -11.0. The molecule has 270 valence electrons. The van der Waals surface area contributed by atoms with Crippen molar-refractivity contribution >= 4 is 29.5 Å². The molecule has 4 N–H and O–H groups in total. The van der Waals surface area contributed by atoms with E-state index in [1.165, 1.54) is 6.92 Å². The number of carbonyl (C=O) groups is 5. The maximum absolute atomic E-state index is 13.6. The lowest BCUT2D eigenvalue weighted by Crippen LogP contribution is -2.56. The smallest absolute Gasteiger partial charge is 0.417 e. The summed E-state index contributed by atoms with van der Waals surface area (Å²) in [6.45, 7) is 3.53. The number of aromatic nitrogens is 4. The molecule has 0 saturated carbocycles. The molecule has 3 amide bonds. The number of carboxylic acids is 1. The Labute approximate surface area is 280 Å². The van der Waals surface area contributed by atoms with Gasteiger partial charge in [-0.25, -0.2) is 0 Å². The third-order valence-electron chi connectivity index (χ3n) is 7.23. The van der Waals surface area contributed by atoms with Crippen LogP contribution in [0.5, 0.6) is 0 Å². The van der Waals surface area contributed by atoms with Crippen LogP contribution in [0.1, 0.15) is 50.3 Å². The highest BCUT2D eigenvalue weighted by Crippen LogP contribution is 2.43. The van der Waals surface area contributed by atoms with E-state index < -0.39 is 101 Å². The van der Waals surface area contributed by atoms with E-state index in [0.717, 1.165) is 5.56 Å². The van der Waals surface area contributed by atoms with E-state index in [2.05, 4.69) is 31.4 Å². The summed E-state index contributed by atoms with van der Waals surface area (Å²) >= 11 is 0. The lowest BCUT2D eigenvalue weighted by molar-refractivity contribution is -0.142. The van der Waals surface area contributed by atoms with Crippen LogP contribution in [0.3, 0.4) is 0 Å². The lowest BCUT2D eigenvalue weighted by atomic mass is 9.99. The first-order valence-electron chi connectivity index (χ1n) is 15.0. The summed E-state index contributed by atoms with van der Waals surface area (Å²) in [5, 5.41) is 26.6. The van der Waals surface area contributed by atoms with Crippen molar-refractivity contribution in [1.29, 1.82) is 0 Å². The Morgan fingerprint density at radius 2 is 1.42 bits per heavy atom. The monoisotopic (exact) mass is 713 g/mol. The quantitative estimate of drug-likeness (QED) is 0.172. The molecule has 0 bridgehead atoms.